The highest BCUT2D eigenvalue weighted by Gasteiger charge is 2.33. The second-order valence-electron chi connectivity index (χ2n) is 9.05. The highest BCUT2D eigenvalue weighted by Crippen LogP contribution is 2.34. The standard InChI is InChI=1S/C29H22F3N3O3/c1-17(18-6-8-19(9-7-18)28(37)38)34-27(36)25-14-23(29(30,31)32)12-21-10-11-35(26(21)25)16-24-13-20-4-2-3-5-22(20)15-33-24/h2-15,17H,16H2,1H3,(H,34,36)(H,37,38)/t17-/m0/s1. The molecular weight excluding hydrogens is 495 g/mol. The molecule has 0 unspecified atom stereocenters. The average molecular weight is 518 g/mol. The summed E-state index contributed by atoms with van der Waals surface area (Å²) in [5, 5.41) is 14.1. The molecule has 3 aromatic carbocycles. The van der Waals surface area contributed by atoms with E-state index in [1.54, 1.807) is 42.1 Å². The van der Waals surface area contributed by atoms with Crippen LogP contribution in [0.5, 0.6) is 0 Å². The minimum absolute atomic E-state index is 0.0898. The lowest BCUT2D eigenvalue weighted by atomic mass is 10.0. The first-order chi connectivity index (χ1) is 18.1. The SMILES string of the molecule is C[C@H](NC(=O)c1cc(C(F)(F)F)cc2ccn(Cc3cc4ccccc4cn3)c12)c1ccc(C(=O)O)cc1. The van der Waals surface area contributed by atoms with Gasteiger partial charge in [0.05, 0.1) is 40.5 Å². The zero-order valence-electron chi connectivity index (χ0n) is 20.2. The molecule has 0 saturated carbocycles. The number of aromatic nitrogens is 2. The van der Waals surface area contributed by atoms with Crippen molar-refractivity contribution in [3.05, 3.63) is 113 Å². The number of carboxylic acids is 1. The van der Waals surface area contributed by atoms with Gasteiger partial charge >= 0.3 is 12.1 Å². The van der Waals surface area contributed by atoms with Crippen LogP contribution in [-0.4, -0.2) is 26.5 Å². The van der Waals surface area contributed by atoms with Crippen molar-refractivity contribution in [2.45, 2.75) is 25.7 Å². The lowest BCUT2D eigenvalue weighted by Gasteiger charge is -2.17. The predicted octanol–water partition coefficient (Wildman–Crippen LogP) is 6.45. The van der Waals surface area contributed by atoms with Crippen molar-refractivity contribution in [3.8, 4) is 0 Å². The first kappa shape index (κ1) is 25.0. The molecule has 0 aliphatic rings. The number of carbonyl (C=O) groups excluding carboxylic acids is 1. The third-order valence-corrected chi connectivity index (χ3v) is 6.46. The predicted molar refractivity (Wildman–Crippen MR) is 137 cm³/mol. The van der Waals surface area contributed by atoms with Crippen LogP contribution in [0.15, 0.2) is 85.2 Å². The van der Waals surface area contributed by atoms with Crippen molar-refractivity contribution in [3.63, 3.8) is 0 Å². The molecule has 0 fully saturated rings. The molecule has 9 heteroatoms. The molecule has 0 spiro atoms. The monoisotopic (exact) mass is 517 g/mol. The Labute approximate surface area is 215 Å². The summed E-state index contributed by atoms with van der Waals surface area (Å²) in [6.45, 7) is 1.93. The summed E-state index contributed by atoms with van der Waals surface area (Å²) in [5.41, 5.74) is 0.720. The van der Waals surface area contributed by atoms with Crippen LogP contribution in [0.1, 0.15) is 50.5 Å². The van der Waals surface area contributed by atoms with E-state index in [-0.39, 0.29) is 23.1 Å². The number of hydrogen-bond donors (Lipinski definition) is 2. The Bertz CT molecular complexity index is 1670. The van der Waals surface area contributed by atoms with Gasteiger partial charge in [0.1, 0.15) is 0 Å². The molecule has 5 aromatic rings. The molecule has 2 aromatic heterocycles. The summed E-state index contributed by atoms with van der Waals surface area (Å²) >= 11 is 0. The number of rotatable bonds is 6. The Morgan fingerprint density at radius 1 is 0.974 bits per heavy atom. The van der Waals surface area contributed by atoms with Gasteiger partial charge in [-0.3, -0.25) is 9.78 Å². The van der Waals surface area contributed by atoms with Crippen molar-refractivity contribution >= 4 is 33.6 Å². The van der Waals surface area contributed by atoms with Crippen molar-refractivity contribution in [1.82, 2.24) is 14.9 Å². The van der Waals surface area contributed by atoms with Crippen LogP contribution in [0, 0.1) is 0 Å². The van der Waals surface area contributed by atoms with Gasteiger partial charge in [-0.05, 0) is 54.3 Å². The van der Waals surface area contributed by atoms with Crippen molar-refractivity contribution in [2.75, 3.05) is 0 Å². The molecule has 1 atom stereocenters. The van der Waals surface area contributed by atoms with Crippen LogP contribution >= 0.6 is 0 Å². The van der Waals surface area contributed by atoms with Crippen LogP contribution in [-0.2, 0) is 12.7 Å². The largest absolute Gasteiger partial charge is 0.478 e. The Balaban J connectivity index is 1.52. The van der Waals surface area contributed by atoms with Crippen LogP contribution in [0.3, 0.4) is 0 Å². The quantitative estimate of drug-likeness (QED) is 0.271. The molecule has 0 aliphatic carbocycles. The van der Waals surface area contributed by atoms with Crippen molar-refractivity contribution < 1.29 is 27.9 Å². The van der Waals surface area contributed by atoms with Crippen molar-refractivity contribution in [2.24, 2.45) is 0 Å². The van der Waals surface area contributed by atoms with Gasteiger partial charge in [-0.1, -0.05) is 36.4 Å². The number of aromatic carboxylic acids is 1. The number of alkyl halides is 3. The first-order valence-corrected chi connectivity index (χ1v) is 11.8. The van der Waals surface area contributed by atoms with Gasteiger partial charge in [0, 0.05) is 23.2 Å². The molecule has 192 valence electrons. The van der Waals surface area contributed by atoms with Gasteiger partial charge in [-0.15, -0.1) is 0 Å². The number of fused-ring (bicyclic) bond motifs is 2. The van der Waals surface area contributed by atoms with Crippen LogP contribution < -0.4 is 5.32 Å². The van der Waals surface area contributed by atoms with E-state index in [9.17, 15) is 22.8 Å². The second kappa shape index (κ2) is 9.66. The number of pyridine rings is 1. The molecule has 5 rings (SSSR count). The minimum atomic E-state index is -4.64. The van der Waals surface area contributed by atoms with E-state index in [0.717, 1.165) is 22.9 Å². The molecule has 6 nitrogen and oxygen atoms in total. The second-order valence-corrected chi connectivity index (χ2v) is 9.05. The number of amides is 1. The van der Waals surface area contributed by atoms with Gasteiger partial charge in [0.15, 0.2) is 0 Å². The maximum Gasteiger partial charge on any atom is 0.416 e. The Kier molecular flexibility index (Phi) is 6.36. The van der Waals surface area contributed by atoms with Crippen LogP contribution in [0.2, 0.25) is 0 Å². The summed E-state index contributed by atoms with van der Waals surface area (Å²) < 4.78 is 42.8. The van der Waals surface area contributed by atoms with Gasteiger partial charge in [-0.25, -0.2) is 4.79 Å². The smallest absolute Gasteiger partial charge is 0.416 e. The zero-order valence-corrected chi connectivity index (χ0v) is 20.2. The van der Waals surface area contributed by atoms with Gasteiger partial charge in [0.2, 0.25) is 0 Å². The van der Waals surface area contributed by atoms with Gasteiger partial charge < -0.3 is 15.0 Å². The summed E-state index contributed by atoms with van der Waals surface area (Å²) in [6, 6.07) is 18.4. The maximum absolute atomic E-state index is 13.7. The molecule has 0 bridgehead atoms. The van der Waals surface area contributed by atoms with Crippen LogP contribution in [0.25, 0.3) is 21.7 Å². The fourth-order valence-corrected chi connectivity index (χ4v) is 4.48. The lowest BCUT2D eigenvalue weighted by Crippen LogP contribution is -2.27. The fraction of sp³-hybridized carbons (Fsp3) is 0.138. The minimum Gasteiger partial charge on any atom is -0.478 e. The maximum atomic E-state index is 13.7. The molecule has 0 radical (unpaired) electrons. The number of nitrogens with zero attached hydrogens (tertiary/aromatic N) is 2. The Morgan fingerprint density at radius 3 is 2.37 bits per heavy atom. The molecule has 0 aliphatic heterocycles. The highest BCUT2D eigenvalue weighted by atomic mass is 19.4. The molecule has 0 saturated heterocycles. The highest BCUT2D eigenvalue weighted by molar-refractivity contribution is 6.06. The summed E-state index contributed by atoms with van der Waals surface area (Å²) in [7, 11) is 0. The van der Waals surface area contributed by atoms with Gasteiger partial charge in [-0.2, -0.15) is 13.2 Å². The summed E-state index contributed by atoms with van der Waals surface area (Å²) in [6.07, 6.45) is -1.25. The molecular formula is C29H22F3N3O3. The fourth-order valence-electron chi connectivity index (χ4n) is 4.48. The summed E-state index contributed by atoms with van der Waals surface area (Å²) in [4.78, 5) is 29.0. The third kappa shape index (κ3) is 4.95. The van der Waals surface area contributed by atoms with Crippen LogP contribution in [0.4, 0.5) is 13.2 Å². The normalized spacial score (nSPS) is 12.5. The molecule has 1 amide bonds. The van der Waals surface area contributed by atoms with E-state index in [2.05, 4.69) is 10.3 Å². The lowest BCUT2D eigenvalue weighted by molar-refractivity contribution is -0.137. The van der Waals surface area contributed by atoms with E-state index in [0.29, 0.717) is 16.8 Å². The number of halogens is 3. The number of hydrogen-bond acceptors (Lipinski definition) is 3. The first-order valence-electron chi connectivity index (χ1n) is 11.8. The number of carbonyl (C=O) groups is 2. The molecule has 38 heavy (non-hydrogen) atoms. The topological polar surface area (TPSA) is 84.2 Å². The molecule has 2 heterocycles. The van der Waals surface area contributed by atoms with E-state index in [4.69, 9.17) is 5.11 Å². The molecule has 2 N–H and O–H groups in total. The number of carboxylic acid groups (broad SMARTS) is 1. The zero-order chi connectivity index (χ0) is 27.0. The van der Waals surface area contributed by atoms with E-state index in [1.165, 1.54) is 12.1 Å². The third-order valence-electron chi connectivity index (χ3n) is 6.46. The summed E-state index contributed by atoms with van der Waals surface area (Å²) in [5.74, 6) is -1.76. The Morgan fingerprint density at radius 2 is 1.68 bits per heavy atom. The number of nitrogens with one attached hydrogen (secondary N) is 1. The van der Waals surface area contributed by atoms with E-state index in [1.807, 2.05) is 30.3 Å². The van der Waals surface area contributed by atoms with Gasteiger partial charge in [0.25, 0.3) is 5.91 Å². The average Bonchev–Trinajstić information content (AvgIpc) is 3.30. The Hall–Kier alpha value is -4.66. The van der Waals surface area contributed by atoms with Crippen molar-refractivity contribution in [1.29, 1.82) is 0 Å². The van der Waals surface area contributed by atoms with E-state index >= 15 is 0 Å². The van der Waals surface area contributed by atoms with E-state index < -0.39 is 29.7 Å². The number of benzene rings is 3.